The maximum absolute atomic E-state index is 11.9. The van der Waals surface area contributed by atoms with Crippen LogP contribution >= 0.6 is 11.6 Å². The third-order valence-corrected chi connectivity index (χ3v) is 4.91. The maximum atomic E-state index is 11.9. The van der Waals surface area contributed by atoms with Gasteiger partial charge in [-0.3, -0.25) is 0 Å². The molecule has 2 N–H and O–H groups in total. The van der Waals surface area contributed by atoms with Crippen molar-refractivity contribution >= 4 is 17.6 Å². The lowest BCUT2D eigenvalue weighted by Gasteiger charge is -2.18. The summed E-state index contributed by atoms with van der Waals surface area (Å²) in [6.45, 7) is 0. The molecule has 0 bridgehead atoms. The Kier molecular flexibility index (Phi) is 3.77. The molecule has 0 saturated carbocycles. The lowest BCUT2D eigenvalue weighted by atomic mass is 9.86. The molecule has 1 aliphatic rings. The van der Waals surface area contributed by atoms with Crippen LogP contribution in [0.25, 0.3) is 22.4 Å². The van der Waals surface area contributed by atoms with E-state index in [-0.39, 0.29) is 5.69 Å². The molecule has 0 atom stereocenters. The first-order valence-electron chi connectivity index (χ1n) is 8.00. The number of hydrogen-bond acceptors (Lipinski definition) is 2. The monoisotopic (exact) mass is 353 g/mol. The molecular weight excluding hydrogens is 338 g/mol. The number of H-pyrrole nitrogens is 1. The summed E-state index contributed by atoms with van der Waals surface area (Å²) in [7, 11) is 1.57. The van der Waals surface area contributed by atoms with Gasteiger partial charge in [0, 0.05) is 21.7 Å². The van der Waals surface area contributed by atoms with Crippen LogP contribution in [0.5, 0.6) is 5.75 Å². The first-order valence-corrected chi connectivity index (χ1v) is 8.38. The van der Waals surface area contributed by atoms with Crippen molar-refractivity contribution in [3.63, 3.8) is 0 Å². The van der Waals surface area contributed by atoms with Gasteiger partial charge in [-0.05, 0) is 42.2 Å². The summed E-state index contributed by atoms with van der Waals surface area (Å²) in [5.41, 5.74) is 5.67. The van der Waals surface area contributed by atoms with E-state index in [2.05, 4.69) is 11.1 Å². The number of halogens is 1. The number of aromatic carboxylic acids is 1. The third kappa shape index (κ3) is 2.50. The van der Waals surface area contributed by atoms with Crippen LogP contribution in [0.2, 0.25) is 5.02 Å². The van der Waals surface area contributed by atoms with Crippen molar-refractivity contribution in [1.29, 1.82) is 0 Å². The molecule has 25 heavy (non-hydrogen) atoms. The summed E-state index contributed by atoms with van der Waals surface area (Å²) in [6, 6.07) is 13.3. The van der Waals surface area contributed by atoms with Gasteiger partial charge in [0.2, 0.25) is 0 Å². The molecule has 2 aromatic carbocycles. The van der Waals surface area contributed by atoms with Crippen molar-refractivity contribution in [2.24, 2.45) is 0 Å². The standard InChI is InChI=1S/C20H16ClNO3/c1-25-16-9-7-12(21)10-15(16)17-14-8-6-11-4-2-3-5-13(11)18(14)22-19(17)20(23)24/h2-5,7,9-10,22H,6,8H2,1H3,(H,23,24). The van der Waals surface area contributed by atoms with Crippen LogP contribution in [-0.2, 0) is 12.8 Å². The van der Waals surface area contributed by atoms with Crippen LogP contribution in [0.4, 0.5) is 0 Å². The molecule has 4 rings (SSSR count). The number of hydrogen-bond donors (Lipinski definition) is 2. The minimum absolute atomic E-state index is 0.169. The first kappa shape index (κ1) is 15.8. The number of aryl methyl sites for hydroxylation is 1. The second kappa shape index (κ2) is 5.97. The number of methoxy groups -OCH3 is 1. The Hall–Kier alpha value is -2.72. The molecule has 1 aliphatic carbocycles. The number of aromatic nitrogens is 1. The lowest BCUT2D eigenvalue weighted by molar-refractivity contribution is 0.0692. The minimum atomic E-state index is -0.996. The number of nitrogens with one attached hydrogen (secondary N) is 1. The van der Waals surface area contributed by atoms with E-state index in [0.29, 0.717) is 21.9 Å². The SMILES string of the molecule is COc1ccc(Cl)cc1-c1c(C(=O)O)[nH]c2c1CCc1ccccc1-2. The van der Waals surface area contributed by atoms with E-state index in [9.17, 15) is 9.90 Å². The molecule has 0 fully saturated rings. The Balaban J connectivity index is 2.04. The van der Waals surface area contributed by atoms with E-state index in [1.165, 1.54) is 5.56 Å². The zero-order valence-electron chi connectivity index (χ0n) is 13.6. The molecule has 5 heteroatoms. The van der Waals surface area contributed by atoms with Crippen LogP contribution in [0.15, 0.2) is 42.5 Å². The van der Waals surface area contributed by atoms with E-state index in [4.69, 9.17) is 16.3 Å². The molecule has 0 spiro atoms. The van der Waals surface area contributed by atoms with Gasteiger partial charge in [0.25, 0.3) is 0 Å². The third-order valence-electron chi connectivity index (χ3n) is 4.68. The topological polar surface area (TPSA) is 62.3 Å². The number of carboxylic acids is 1. The average Bonchev–Trinajstić information content (AvgIpc) is 3.02. The smallest absolute Gasteiger partial charge is 0.352 e. The van der Waals surface area contributed by atoms with Crippen molar-refractivity contribution < 1.29 is 14.6 Å². The molecule has 0 radical (unpaired) electrons. The number of carboxylic acid groups (broad SMARTS) is 1. The van der Waals surface area contributed by atoms with Gasteiger partial charge in [-0.1, -0.05) is 35.9 Å². The highest BCUT2D eigenvalue weighted by Crippen LogP contribution is 2.44. The van der Waals surface area contributed by atoms with Gasteiger partial charge >= 0.3 is 5.97 Å². The molecule has 1 aromatic heterocycles. The predicted octanol–water partition coefficient (Wildman–Crippen LogP) is 4.81. The highest BCUT2D eigenvalue weighted by molar-refractivity contribution is 6.31. The van der Waals surface area contributed by atoms with Crippen molar-refractivity contribution in [1.82, 2.24) is 4.98 Å². The largest absolute Gasteiger partial charge is 0.496 e. The van der Waals surface area contributed by atoms with Crippen molar-refractivity contribution in [2.75, 3.05) is 7.11 Å². The molecular formula is C20H16ClNO3. The second-order valence-electron chi connectivity index (χ2n) is 6.04. The minimum Gasteiger partial charge on any atom is -0.496 e. The van der Waals surface area contributed by atoms with Crippen molar-refractivity contribution in [3.8, 4) is 28.1 Å². The lowest BCUT2D eigenvalue weighted by Crippen LogP contribution is -2.03. The van der Waals surface area contributed by atoms with E-state index >= 15 is 0 Å². The average molecular weight is 354 g/mol. The number of aromatic amines is 1. The number of carbonyl (C=O) groups is 1. The van der Waals surface area contributed by atoms with Crippen LogP contribution in [0.1, 0.15) is 21.6 Å². The molecule has 0 amide bonds. The fraction of sp³-hybridized carbons (Fsp3) is 0.150. The quantitative estimate of drug-likeness (QED) is 0.710. The number of ether oxygens (including phenoxy) is 1. The summed E-state index contributed by atoms with van der Waals surface area (Å²) in [5.74, 6) is -0.392. The van der Waals surface area contributed by atoms with Crippen molar-refractivity contribution in [2.45, 2.75) is 12.8 Å². The molecule has 0 aliphatic heterocycles. The van der Waals surface area contributed by atoms with Gasteiger partial charge < -0.3 is 14.8 Å². The van der Waals surface area contributed by atoms with Crippen LogP contribution in [0.3, 0.4) is 0 Å². The van der Waals surface area contributed by atoms with E-state index in [0.717, 1.165) is 29.7 Å². The molecule has 3 aromatic rings. The van der Waals surface area contributed by atoms with Gasteiger partial charge in [0.15, 0.2) is 0 Å². The molecule has 1 heterocycles. The predicted molar refractivity (Wildman–Crippen MR) is 97.6 cm³/mol. The van der Waals surface area contributed by atoms with Gasteiger partial charge in [-0.2, -0.15) is 0 Å². The Morgan fingerprint density at radius 1 is 1.16 bits per heavy atom. The van der Waals surface area contributed by atoms with Gasteiger partial charge in [-0.15, -0.1) is 0 Å². The highest BCUT2D eigenvalue weighted by atomic mass is 35.5. The summed E-state index contributed by atoms with van der Waals surface area (Å²) < 4.78 is 5.45. The molecule has 0 unspecified atom stereocenters. The second-order valence-corrected chi connectivity index (χ2v) is 6.47. The number of fused-ring (bicyclic) bond motifs is 3. The normalized spacial score (nSPS) is 12.4. The van der Waals surface area contributed by atoms with Gasteiger partial charge in [0.05, 0.1) is 12.8 Å². The summed E-state index contributed by atoms with van der Waals surface area (Å²) in [6.07, 6.45) is 1.64. The van der Waals surface area contributed by atoms with Crippen LogP contribution in [-0.4, -0.2) is 23.2 Å². The molecule has 0 saturated heterocycles. The van der Waals surface area contributed by atoms with E-state index < -0.39 is 5.97 Å². The Bertz CT molecular complexity index is 991. The Morgan fingerprint density at radius 2 is 1.96 bits per heavy atom. The summed E-state index contributed by atoms with van der Waals surface area (Å²) in [5, 5.41) is 10.3. The Morgan fingerprint density at radius 3 is 2.72 bits per heavy atom. The first-order chi connectivity index (χ1) is 12.1. The highest BCUT2D eigenvalue weighted by Gasteiger charge is 2.28. The number of benzene rings is 2. The Labute approximate surface area is 150 Å². The molecule has 126 valence electrons. The zero-order chi connectivity index (χ0) is 17.6. The summed E-state index contributed by atoms with van der Waals surface area (Å²) >= 11 is 6.17. The fourth-order valence-electron chi connectivity index (χ4n) is 3.59. The zero-order valence-corrected chi connectivity index (χ0v) is 14.4. The summed E-state index contributed by atoms with van der Waals surface area (Å²) in [4.78, 5) is 15.0. The fourth-order valence-corrected chi connectivity index (χ4v) is 3.77. The van der Waals surface area contributed by atoms with Gasteiger partial charge in [0.1, 0.15) is 11.4 Å². The van der Waals surface area contributed by atoms with Crippen molar-refractivity contribution in [3.05, 3.63) is 64.3 Å². The number of rotatable bonds is 3. The van der Waals surface area contributed by atoms with Gasteiger partial charge in [-0.25, -0.2) is 4.79 Å². The van der Waals surface area contributed by atoms with E-state index in [1.54, 1.807) is 25.3 Å². The van der Waals surface area contributed by atoms with Crippen LogP contribution in [0, 0.1) is 0 Å². The molecule has 4 nitrogen and oxygen atoms in total. The maximum Gasteiger partial charge on any atom is 0.352 e. The van der Waals surface area contributed by atoms with E-state index in [1.807, 2.05) is 18.2 Å². The van der Waals surface area contributed by atoms with Crippen LogP contribution < -0.4 is 4.74 Å².